The van der Waals surface area contributed by atoms with Gasteiger partial charge in [0.1, 0.15) is 11.6 Å². The number of nitrogens with zero attached hydrogens (tertiary/aromatic N) is 3. The van der Waals surface area contributed by atoms with Gasteiger partial charge in [0.05, 0.1) is 31.5 Å². The van der Waals surface area contributed by atoms with Crippen LogP contribution in [0.2, 0.25) is 5.02 Å². The minimum absolute atomic E-state index is 0.163. The Labute approximate surface area is 211 Å². The smallest absolute Gasteiger partial charge is 0.318 e. The summed E-state index contributed by atoms with van der Waals surface area (Å²) in [6.07, 6.45) is 1.50. The van der Waals surface area contributed by atoms with Crippen LogP contribution in [0.15, 0.2) is 65.6 Å². The molecule has 4 rings (SSSR count). The number of thioether (sulfide) groups is 1. The molecule has 0 saturated carbocycles. The number of ether oxygens (including phenoxy) is 1. The maximum Gasteiger partial charge on any atom is 0.318 e. The molecule has 0 aliphatic carbocycles. The topological polar surface area (TPSA) is 116 Å². The van der Waals surface area contributed by atoms with Crippen LogP contribution in [0, 0.1) is 26.0 Å². The normalized spacial score (nSPS) is 14.5. The minimum atomic E-state index is -0.788. The van der Waals surface area contributed by atoms with Crippen molar-refractivity contribution >= 4 is 68.9 Å². The third kappa shape index (κ3) is 4.99. The maximum atomic E-state index is 13.5. The molecule has 0 atom stereocenters. The zero-order valence-corrected chi connectivity index (χ0v) is 19.6. The molecule has 1 amide bonds. The molecule has 1 aliphatic heterocycles. The minimum Gasteiger partial charge on any atom is -0.449 e. The van der Waals surface area contributed by atoms with E-state index in [1.54, 1.807) is 18.2 Å². The standard InChI is InChI=1S/C22H11ClFN3O6S2/c23-15-10-13(5-7-16(15)24)25-21(28)20(35-22(25)34)9-12-3-1-2-4-18(12)33-19-8-6-14(26(29)30)11-17(19)27(31)32/h1-11H/b20-9+. The summed E-state index contributed by atoms with van der Waals surface area (Å²) in [6, 6.07) is 13.2. The van der Waals surface area contributed by atoms with Gasteiger partial charge in [-0.1, -0.05) is 53.8 Å². The van der Waals surface area contributed by atoms with Crippen LogP contribution in [0.4, 0.5) is 21.5 Å². The molecule has 3 aromatic carbocycles. The molecule has 13 heteroatoms. The van der Waals surface area contributed by atoms with Gasteiger partial charge in [0.2, 0.25) is 5.75 Å². The number of thiocarbonyl (C=S) groups is 1. The Bertz CT molecular complexity index is 1450. The van der Waals surface area contributed by atoms with Crippen LogP contribution in [0.25, 0.3) is 6.08 Å². The van der Waals surface area contributed by atoms with Crippen molar-refractivity contribution in [1.82, 2.24) is 0 Å². The third-order valence-electron chi connectivity index (χ3n) is 4.73. The average molecular weight is 532 g/mol. The Hall–Kier alpha value is -3.87. The van der Waals surface area contributed by atoms with E-state index in [-0.39, 0.29) is 25.7 Å². The fourth-order valence-corrected chi connectivity index (χ4v) is 4.58. The molecule has 0 spiro atoms. The van der Waals surface area contributed by atoms with E-state index >= 15 is 0 Å². The van der Waals surface area contributed by atoms with Crippen molar-refractivity contribution in [2.24, 2.45) is 0 Å². The lowest BCUT2D eigenvalue weighted by Gasteiger charge is -2.14. The molecular weight excluding hydrogens is 521 g/mol. The van der Waals surface area contributed by atoms with Crippen LogP contribution in [-0.2, 0) is 4.79 Å². The van der Waals surface area contributed by atoms with Gasteiger partial charge in [-0.3, -0.25) is 29.9 Å². The summed E-state index contributed by atoms with van der Waals surface area (Å²) in [5.41, 5.74) is -0.346. The van der Waals surface area contributed by atoms with Crippen molar-refractivity contribution in [1.29, 1.82) is 0 Å². The van der Waals surface area contributed by atoms with Crippen LogP contribution < -0.4 is 9.64 Å². The first kappa shape index (κ1) is 24.3. The quantitative estimate of drug-likeness (QED) is 0.153. The van der Waals surface area contributed by atoms with Gasteiger partial charge in [0.15, 0.2) is 4.32 Å². The number of nitro groups is 2. The summed E-state index contributed by atoms with van der Waals surface area (Å²) in [7, 11) is 0. The molecule has 1 heterocycles. The maximum absolute atomic E-state index is 13.5. The Kier molecular flexibility index (Phi) is 6.78. The number of non-ortho nitro benzene ring substituents is 1. The Morgan fingerprint density at radius 1 is 1.03 bits per heavy atom. The fraction of sp³-hybridized carbons (Fsp3) is 0. The Morgan fingerprint density at radius 2 is 1.77 bits per heavy atom. The SMILES string of the molecule is O=C1/C(=C\c2ccccc2Oc2ccc([N+](=O)[O-])cc2[N+](=O)[O-])SC(=S)N1c1ccc(F)c(Cl)c1. The van der Waals surface area contributed by atoms with Crippen molar-refractivity contribution in [3.8, 4) is 11.5 Å². The fourth-order valence-electron chi connectivity index (χ4n) is 3.12. The predicted molar refractivity (Wildman–Crippen MR) is 133 cm³/mol. The van der Waals surface area contributed by atoms with E-state index in [0.29, 0.717) is 11.3 Å². The van der Waals surface area contributed by atoms with Crippen LogP contribution in [0.5, 0.6) is 11.5 Å². The van der Waals surface area contributed by atoms with Gasteiger partial charge in [0, 0.05) is 11.6 Å². The van der Waals surface area contributed by atoms with Crippen LogP contribution >= 0.6 is 35.6 Å². The van der Waals surface area contributed by atoms with Crippen LogP contribution in [0.3, 0.4) is 0 Å². The van der Waals surface area contributed by atoms with Gasteiger partial charge in [-0.05, 0) is 36.4 Å². The molecule has 0 aromatic heterocycles. The highest BCUT2D eigenvalue weighted by atomic mass is 35.5. The first-order valence-electron chi connectivity index (χ1n) is 9.58. The van der Waals surface area contributed by atoms with Gasteiger partial charge < -0.3 is 4.74 Å². The summed E-state index contributed by atoms with van der Waals surface area (Å²) in [5.74, 6) is -1.16. The summed E-state index contributed by atoms with van der Waals surface area (Å²) in [5, 5.41) is 22.2. The zero-order valence-electron chi connectivity index (χ0n) is 17.2. The van der Waals surface area contributed by atoms with E-state index in [1.807, 2.05) is 0 Å². The molecule has 3 aromatic rings. The van der Waals surface area contributed by atoms with Crippen molar-refractivity contribution in [3.63, 3.8) is 0 Å². The summed E-state index contributed by atoms with van der Waals surface area (Å²) >= 11 is 12.2. The Balaban J connectivity index is 1.68. The van der Waals surface area contributed by atoms with Gasteiger partial charge >= 0.3 is 5.69 Å². The molecule has 1 fully saturated rings. The summed E-state index contributed by atoms with van der Waals surface area (Å²) < 4.78 is 19.4. The van der Waals surface area contributed by atoms with E-state index in [1.165, 1.54) is 29.2 Å². The van der Waals surface area contributed by atoms with E-state index < -0.39 is 32.9 Å². The van der Waals surface area contributed by atoms with Gasteiger partial charge in [-0.15, -0.1) is 0 Å². The molecule has 35 heavy (non-hydrogen) atoms. The number of para-hydroxylation sites is 1. The van der Waals surface area contributed by atoms with Crippen molar-refractivity contribution < 1.29 is 23.8 Å². The second kappa shape index (κ2) is 9.78. The lowest BCUT2D eigenvalue weighted by atomic mass is 10.1. The highest BCUT2D eigenvalue weighted by Gasteiger charge is 2.34. The number of rotatable bonds is 6. The van der Waals surface area contributed by atoms with E-state index in [9.17, 15) is 29.4 Å². The molecule has 0 N–H and O–H groups in total. The van der Waals surface area contributed by atoms with Crippen LogP contribution in [0.1, 0.15) is 5.56 Å². The van der Waals surface area contributed by atoms with Crippen molar-refractivity contribution in [2.45, 2.75) is 0 Å². The number of carbonyl (C=O) groups excluding carboxylic acids is 1. The zero-order chi connectivity index (χ0) is 25.3. The number of hydrogen-bond acceptors (Lipinski definition) is 8. The van der Waals surface area contributed by atoms with Gasteiger partial charge in [0.25, 0.3) is 11.6 Å². The molecule has 0 bridgehead atoms. The molecule has 9 nitrogen and oxygen atoms in total. The highest BCUT2D eigenvalue weighted by molar-refractivity contribution is 8.27. The Morgan fingerprint density at radius 3 is 2.46 bits per heavy atom. The molecule has 1 saturated heterocycles. The summed E-state index contributed by atoms with van der Waals surface area (Å²) in [4.78, 5) is 35.4. The largest absolute Gasteiger partial charge is 0.449 e. The van der Waals surface area contributed by atoms with Crippen molar-refractivity contribution in [3.05, 3.63) is 102 Å². The second-order valence-electron chi connectivity index (χ2n) is 6.92. The number of halogens is 2. The molecule has 176 valence electrons. The number of amides is 1. The number of nitro benzene ring substituents is 2. The first-order valence-corrected chi connectivity index (χ1v) is 11.2. The number of anilines is 1. The monoisotopic (exact) mass is 531 g/mol. The van der Waals surface area contributed by atoms with Crippen LogP contribution in [-0.4, -0.2) is 20.1 Å². The van der Waals surface area contributed by atoms with Gasteiger partial charge in [-0.2, -0.15) is 0 Å². The molecule has 0 radical (unpaired) electrons. The highest BCUT2D eigenvalue weighted by Crippen LogP contribution is 2.40. The number of benzene rings is 3. The molecule has 0 unspecified atom stereocenters. The lowest BCUT2D eigenvalue weighted by Crippen LogP contribution is -2.27. The molecular formula is C22H11ClFN3O6S2. The van der Waals surface area contributed by atoms with E-state index in [4.69, 9.17) is 28.6 Å². The first-order chi connectivity index (χ1) is 16.7. The second-order valence-corrected chi connectivity index (χ2v) is 9.00. The predicted octanol–water partition coefficient (Wildman–Crippen LogP) is 6.49. The van der Waals surface area contributed by atoms with Crippen molar-refractivity contribution in [2.75, 3.05) is 4.90 Å². The van der Waals surface area contributed by atoms with E-state index in [0.717, 1.165) is 36.0 Å². The third-order valence-corrected chi connectivity index (χ3v) is 6.32. The summed E-state index contributed by atoms with van der Waals surface area (Å²) in [6.45, 7) is 0. The molecule has 1 aliphatic rings. The number of carbonyl (C=O) groups is 1. The number of hydrogen-bond donors (Lipinski definition) is 0. The average Bonchev–Trinajstić information content (AvgIpc) is 3.09. The van der Waals surface area contributed by atoms with E-state index in [2.05, 4.69) is 0 Å². The lowest BCUT2D eigenvalue weighted by molar-refractivity contribution is -0.394. The van der Waals surface area contributed by atoms with Gasteiger partial charge in [-0.25, -0.2) is 4.39 Å².